The van der Waals surface area contributed by atoms with Crippen molar-refractivity contribution in [1.29, 1.82) is 0 Å². The maximum Gasteiger partial charge on any atom is 0.264 e. The van der Waals surface area contributed by atoms with Crippen molar-refractivity contribution in [3.63, 3.8) is 0 Å². The third kappa shape index (κ3) is 4.28. The maximum atomic E-state index is 12.9. The van der Waals surface area contributed by atoms with Crippen molar-refractivity contribution < 1.29 is 13.2 Å². The highest BCUT2D eigenvalue weighted by Gasteiger charge is 2.24. The molecule has 27 heavy (non-hydrogen) atoms. The van der Waals surface area contributed by atoms with Gasteiger partial charge in [-0.2, -0.15) is 0 Å². The van der Waals surface area contributed by atoms with Gasteiger partial charge in [0.25, 0.3) is 15.9 Å². The molecule has 0 atom stereocenters. The molecule has 0 aliphatic carbocycles. The molecule has 1 aliphatic heterocycles. The van der Waals surface area contributed by atoms with Gasteiger partial charge in [-0.25, -0.2) is 8.42 Å². The highest BCUT2D eigenvalue weighted by atomic mass is 35.5. The number of hydrogen-bond donors (Lipinski definition) is 0. The second-order valence-corrected chi connectivity index (χ2v) is 9.03. The van der Waals surface area contributed by atoms with Crippen LogP contribution in [-0.2, 0) is 10.0 Å². The molecule has 2 aromatic carbocycles. The molecule has 0 saturated carbocycles. The Morgan fingerprint density at radius 2 is 1.63 bits per heavy atom. The number of anilines is 1. The lowest BCUT2D eigenvalue weighted by atomic mass is 10.1. The normalized spacial score (nSPS) is 15.3. The van der Waals surface area contributed by atoms with Crippen molar-refractivity contribution in [3.05, 3.63) is 59.1 Å². The Bertz CT molecular complexity index is 908. The Morgan fingerprint density at radius 1 is 1.00 bits per heavy atom. The molecule has 144 valence electrons. The highest BCUT2D eigenvalue weighted by molar-refractivity contribution is 7.92. The van der Waals surface area contributed by atoms with Gasteiger partial charge < -0.3 is 4.90 Å². The average Bonchev–Trinajstić information content (AvgIpc) is 2.97. The van der Waals surface area contributed by atoms with Gasteiger partial charge in [-0.05, 0) is 43.2 Å². The van der Waals surface area contributed by atoms with Crippen molar-refractivity contribution in [3.8, 4) is 0 Å². The molecule has 3 rings (SSSR count). The molecule has 2 aromatic rings. The van der Waals surface area contributed by atoms with Crippen molar-refractivity contribution in [2.24, 2.45) is 0 Å². The van der Waals surface area contributed by atoms with Crippen LogP contribution in [0.4, 0.5) is 5.69 Å². The lowest BCUT2D eigenvalue weighted by Gasteiger charge is -2.23. The summed E-state index contributed by atoms with van der Waals surface area (Å²) in [7, 11) is -2.23. The summed E-state index contributed by atoms with van der Waals surface area (Å²) in [6.45, 7) is 1.41. The second-order valence-electron chi connectivity index (χ2n) is 6.66. The zero-order valence-electron chi connectivity index (χ0n) is 15.3. The lowest BCUT2D eigenvalue weighted by Crippen LogP contribution is -2.32. The van der Waals surface area contributed by atoms with Crippen LogP contribution in [0.1, 0.15) is 36.0 Å². The van der Waals surface area contributed by atoms with E-state index >= 15 is 0 Å². The number of amides is 1. The standard InChI is InChI=1S/C20H23ClN2O3S/c1-22(27(25,26)17-9-5-4-6-10-17)16-11-12-19(21)18(15-16)20(24)23-13-7-2-3-8-14-23/h4-6,9-12,15H,2-3,7-8,13-14H2,1H3. The molecule has 1 heterocycles. The third-order valence-corrected chi connectivity index (χ3v) is 6.97. The van der Waals surface area contributed by atoms with Crippen molar-refractivity contribution in [1.82, 2.24) is 4.90 Å². The Labute approximate surface area is 165 Å². The number of benzene rings is 2. The molecule has 0 aromatic heterocycles. The van der Waals surface area contributed by atoms with Crippen LogP contribution in [-0.4, -0.2) is 39.4 Å². The fourth-order valence-corrected chi connectivity index (χ4v) is 4.61. The molecule has 0 spiro atoms. The number of likely N-dealkylation sites (tertiary alicyclic amines) is 1. The maximum absolute atomic E-state index is 12.9. The SMILES string of the molecule is CN(c1ccc(Cl)c(C(=O)N2CCCCCC2)c1)S(=O)(=O)c1ccccc1. The molecular weight excluding hydrogens is 384 g/mol. The van der Waals surface area contributed by atoms with Gasteiger partial charge >= 0.3 is 0 Å². The van der Waals surface area contributed by atoms with Crippen LogP contribution in [0.25, 0.3) is 0 Å². The first-order chi connectivity index (χ1) is 12.9. The van der Waals surface area contributed by atoms with E-state index in [0.717, 1.165) is 25.7 Å². The van der Waals surface area contributed by atoms with Crippen molar-refractivity contribution in [2.75, 3.05) is 24.4 Å². The molecule has 0 radical (unpaired) electrons. The topological polar surface area (TPSA) is 57.7 Å². The Hall–Kier alpha value is -2.05. The van der Waals surface area contributed by atoms with Crippen LogP contribution in [0.15, 0.2) is 53.4 Å². The predicted molar refractivity (Wildman–Crippen MR) is 108 cm³/mol. The van der Waals surface area contributed by atoms with Crippen LogP contribution < -0.4 is 4.31 Å². The molecule has 1 aliphatic rings. The Balaban J connectivity index is 1.91. The molecule has 5 nitrogen and oxygen atoms in total. The van der Waals surface area contributed by atoms with Gasteiger partial charge in [0, 0.05) is 20.1 Å². The van der Waals surface area contributed by atoms with E-state index in [1.807, 2.05) is 4.90 Å². The first kappa shape index (κ1) is 19.7. The number of carbonyl (C=O) groups is 1. The minimum Gasteiger partial charge on any atom is -0.339 e. The lowest BCUT2D eigenvalue weighted by molar-refractivity contribution is 0.0762. The van der Waals surface area contributed by atoms with E-state index in [4.69, 9.17) is 11.6 Å². The second kappa shape index (κ2) is 8.31. The van der Waals surface area contributed by atoms with Gasteiger partial charge in [0.2, 0.25) is 0 Å². The van der Waals surface area contributed by atoms with Crippen molar-refractivity contribution in [2.45, 2.75) is 30.6 Å². The molecule has 1 fully saturated rings. The van der Waals surface area contributed by atoms with E-state index in [1.165, 1.54) is 11.4 Å². The number of rotatable bonds is 4. The summed E-state index contributed by atoms with van der Waals surface area (Å²) >= 11 is 6.27. The highest BCUT2D eigenvalue weighted by Crippen LogP contribution is 2.28. The van der Waals surface area contributed by atoms with Crippen LogP contribution in [0, 0.1) is 0 Å². The smallest absolute Gasteiger partial charge is 0.264 e. The summed E-state index contributed by atoms with van der Waals surface area (Å²) < 4.78 is 26.9. The molecule has 0 N–H and O–H groups in total. The number of hydrogen-bond acceptors (Lipinski definition) is 3. The largest absolute Gasteiger partial charge is 0.339 e. The van der Waals surface area contributed by atoms with E-state index < -0.39 is 10.0 Å². The minimum absolute atomic E-state index is 0.144. The molecule has 7 heteroatoms. The Morgan fingerprint density at radius 3 is 2.26 bits per heavy atom. The van der Waals surface area contributed by atoms with Crippen LogP contribution >= 0.6 is 11.6 Å². The molecule has 0 bridgehead atoms. The zero-order chi connectivity index (χ0) is 19.4. The monoisotopic (exact) mass is 406 g/mol. The van der Waals surface area contributed by atoms with E-state index in [0.29, 0.717) is 29.4 Å². The molecule has 1 amide bonds. The van der Waals surface area contributed by atoms with Gasteiger partial charge in [-0.15, -0.1) is 0 Å². The van der Waals surface area contributed by atoms with E-state index in [1.54, 1.807) is 48.5 Å². The Kier molecular flexibility index (Phi) is 6.07. The first-order valence-corrected chi connectivity index (χ1v) is 10.9. The first-order valence-electron chi connectivity index (χ1n) is 9.04. The van der Waals surface area contributed by atoms with Crippen LogP contribution in [0.3, 0.4) is 0 Å². The van der Waals surface area contributed by atoms with Crippen LogP contribution in [0.5, 0.6) is 0 Å². The summed E-state index contributed by atoms with van der Waals surface area (Å²) in [5.74, 6) is -0.144. The fraction of sp³-hybridized carbons (Fsp3) is 0.350. The fourth-order valence-electron chi connectivity index (χ4n) is 3.21. The number of sulfonamides is 1. The summed E-state index contributed by atoms with van der Waals surface area (Å²) in [6, 6.07) is 13.0. The average molecular weight is 407 g/mol. The third-order valence-electron chi connectivity index (χ3n) is 4.84. The summed E-state index contributed by atoms with van der Waals surface area (Å²) in [5, 5.41) is 0.332. The summed E-state index contributed by atoms with van der Waals surface area (Å²) in [6.07, 6.45) is 4.20. The minimum atomic E-state index is -3.71. The van der Waals surface area contributed by atoms with Gasteiger partial charge in [0.1, 0.15) is 0 Å². The summed E-state index contributed by atoms with van der Waals surface area (Å²) in [5.41, 5.74) is 0.743. The number of nitrogens with zero attached hydrogens (tertiary/aromatic N) is 2. The zero-order valence-corrected chi connectivity index (χ0v) is 16.8. The van der Waals surface area contributed by atoms with E-state index in [9.17, 15) is 13.2 Å². The van der Waals surface area contributed by atoms with Gasteiger partial charge in [-0.1, -0.05) is 42.6 Å². The van der Waals surface area contributed by atoms with E-state index in [-0.39, 0.29) is 10.8 Å². The van der Waals surface area contributed by atoms with Gasteiger partial charge in [0.15, 0.2) is 0 Å². The van der Waals surface area contributed by atoms with E-state index in [2.05, 4.69) is 0 Å². The number of carbonyl (C=O) groups excluding carboxylic acids is 1. The van der Waals surface area contributed by atoms with Gasteiger partial charge in [0.05, 0.1) is 21.2 Å². The molecule has 0 unspecified atom stereocenters. The summed E-state index contributed by atoms with van der Waals surface area (Å²) in [4.78, 5) is 14.9. The van der Waals surface area contributed by atoms with Gasteiger partial charge in [-0.3, -0.25) is 9.10 Å². The predicted octanol–water partition coefficient (Wildman–Crippen LogP) is 4.18. The molecular formula is C20H23ClN2O3S. The quantitative estimate of drug-likeness (QED) is 0.765. The van der Waals surface area contributed by atoms with Crippen LogP contribution in [0.2, 0.25) is 5.02 Å². The number of halogens is 1. The van der Waals surface area contributed by atoms with Crippen molar-refractivity contribution >= 4 is 33.2 Å². The molecule has 1 saturated heterocycles.